The van der Waals surface area contributed by atoms with Gasteiger partial charge in [-0.1, -0.05) is 12.1 Å². The fourth-order valence-corrected chi connectivity index (χ4v) is 2.65. The summed E-state index contributed by atoms with van der Waals surface area (Å²) in [7, 11) is 0. The summed E-state index contributed by atoms with van der Waals surface area (Å²) in [6.07, 6.45) is 1.68. The van der Waals surface area contributed by atoms with Gasteiger partial charge in [0.15, 0.2) is 5.82 Å². The van der Waals surface area contributed by atoms with Crippen molar-refractivity contribution in [3.63, 3.8) is 0 Å². The molecule has 3 amide bonds. The van der Waals surface area contributed by atoms with Crippen LogP contribution in [0.15, 0.2) is 10.6 Å². The van der Waals surface area contributed by atoms with Gasteiger partial charge < -0.3 is 9.42 Å². The fourth-order valence-electron chi connectivity index (χ4n) is 2.65. The van der Waals surface area contributed by atoms with Gasteiger partial charge in [0.1, 0.15) is 11.8 Å². The van der Waals surface area contributed by atoms with Gasteiger partial charge in [-0.05, 0) is 25.7 Å². The van der Waals surface area contributed by atoms with Crippen LogP contribution in [-0.2, 0) is 4.79 Å². The maximum atomic E-state index is 12.3. The predicted molar refractivity (Wildman–Crippen MR) is 63.0 cm³/mol. The van der Waals surface area contributed by atoms with Crippen LogP contribution in [0.4, 0.5) is 10.6 Å². The molecule has 6 heteroatoms. The largest absolute Gasteiger partial charge is 0.360 e. The molecule has 2 aliphatic rings. The molecule has 1 aromatic heterocycles. The number of piperidine rings is 1. The average Bonchev–Trinajstić information content (AvgIpc) is 2.84. The van der Waals surface area contributed by atoms with Crippen molar-refractivity contribution in [1.82, 2.24) is 10.1 Å². The molecule has 3 rings (SSSR count). The molecule has 2 fully saturated rings. The average molecular weight is 249 g/mol. The summed E-state index contributed by atoms with van der Waals surface area (Å²) < 4.78 is 4.93. The Morgan fingerprint density at radius 1 is 1.44 bits per heavy atom. The van der Waals surface area contributed by atoms with E-state index in [1.807, 2.05) is 0 Å². The molecule has 0 aliphatic carbocycles. The highest BCUT2D eigenvalue weighted by molar-refractivity contribution is 6.20. The van der Waals surface area contributed by atoms with E-state index in [4.69, 9.17) is 4.52 Å². The van der Waals surface area contributed by atoms with E-state index in [2.05, 4.69) is 12.1 Å². The minimum absolute atomic E-state index is 0.181. The van der Waals surface area contributed by atoms with Gasteiger partial charge in [-0.25, -0.2) is 9.69 Å². The molecule has 6 nitrogen and oxygen atoms in total. The van der Waals surface area contributed by atoms with Gasteiger partial charge in [-0.3, -0.25) is 4.79 Å². The molecule has 0 N–H and O–H groups in total. The summed E-state index contributed by atoms with van der Waals surface area (Å²) in [6.45, 7) is 4.48. The lowest BCUT2D eigenvalue weighted by Gasteiger charge is -2.30. The van der Waals surface area contributed by atoms with E-state index >= 15 is 0 Å². The van der Waals surface area contributed by atoms with E-state index in [0.717, 1.165) is 17.7 Å². The Balaban J connectivity index is 1.93. The highest BCUT2D eigenvalue weighted by Crippen LogP contribution is 2.32. The number of aromatic nitrogens is 1. The third-order valence-corrected chi connectivity index (χ3v) is 3.65. The molecule has 0 radical (unpaired) electrons. The van der Waals surface area contributed by atoms with E-state index in [9.17, 15) is 9.59 Å². The smallest absolute Gasteiger partial charge is 0.333 e. The van der Waals surface area contributed by atoms with Crippen LogP contribution in [0.1, 0.15) is 25.5 Å². The molecule has 18 heavy (non-hydrogen) atoms. The van der Waals surface area contributed by atoms with Crippen LogP contribution in [0.5, 0.6) is 0 Å². The van der Waals surface area contributed by atoms with E-state index in [1.54, 1.807) is 17.9 Å². The van der Waals surface area contributed by atoms with Gasteiger partial charge in [-0.2, -0.15) is 0 Å². The zero-order valence-corrected chi connectivity index (χ0v) is 10.4. The second kappa shape index (κ2) is 3.83. The number of imide groups is 1. The molecule has 2 saturated heterocycles. The van der Waals surface area contributed by atoms with Crippen molar-refractivity contribution >= 4 is 17.8 Å². The molecule has 3 heterocycles. The lowest BCUT2D eigenvalue weighted by atomic mass is 9.93. The third-order valence-electron chi connectivity index (χ3n) is 3.65. The number of hydrogen-bond donors (Lipinski definition) is 0. The summed E-state index contributed by atoms with van der Waals surface area (Å²) in [5, 5.41) is 3.76. The number of urea groups is 1. The lowest BCUT2D eigenvalue weighted by molar-refractivity contribution is -0.120. The Labute approximate surface area is 105 Å². The number of hydrogen-bond acceptors (Lipinski definition) is 4. The standard InChI is InChI=1S/C12H15N3O3/c1-7-3-4-14-9(5-7)11(16)15(12(14)17)10-6-8(2)18-13-10/h6-7,9H,3-5H2,1-2H3/t7-,9+/m0/s1. The molecule has 2 atom stereocenters. The number of nitrogens with zero attached hydrogens (tertiary/aromatic N) is 3. The van der Waals surface area contributed by atoms with Crippen molar-refractivity contribution in [3.05, 3.63) is 11.8 Å². The lowest BCUT2D eigenvalue weighted by Crippen LogP contribution is -2.41. The summed E-state index contributed by atoms with van der Waals surface area (Å²) in [6, 6.07) is 1.01. The molecular formula is C12H15N3O3. The highest BCUT2D eigenvalue weighted by Gasteiger charge is 2.48. The quantitative estimate of drug-likeness (QED) is 0.708. The van der Waals surface area contributed by atoms with E-state index in [0.29, 0.717) is 24.0 Å². The van der Waals surface area contributed by atoms with Crippen molar-refractivity contribution in [2.24, 2.45) is 5.92 Å². The zero-order valence-electron chi connectivity index (χ0n) is 10.4. The number of aryl methyl sites for hydroxylation is 1. The van der Waals surface area contributed by atoms with Gasteiger partial charge in [-0.15, -0.1) is 0 Å². The van der Waals surface area contributed by atoms with Crippen molar-refractivity contribution in [3.8, 4) is 0 Å². The first kappa shape index (κ1) is 11.3. The number of fused-ring (bicyclic) bond motifs is 1. The Hall–Kier alpha value is -1.85. The van der Waals surface area contributed by atoms with E-state index < -0.39 is 0 Å². The van der Waals surface area contributed by atoms with Crippen molar-refractivity contribution < 1.29 is 14.1 Å². The summed E-state index contributed by atoms with van der Waals surface area (Å²) in [5.74, 6) is 1.18. The van der Waals surface area contributed by atoms with Gasteiger partial charge in [0.2, 0.25) is 0 Å². The van der Waals surface area contributed by atoms with Gasteiger partial charge in [0, 0.05) is 12.6 Å². The van der Waals surface area contributed by atoms with Crippen LogP contribution in [0.3, 0.4) is 0 Å². The molecule has 0 bridgehead atoms. The monoisotopic (exact) mass is 249 g/mol. The molecule has 2 aliphatic heterocycles. The number of carbonyl (C=O) groups excluding carboxylic acids is 2. The van der Waals surface area contributed by atoms with Crippen molar-refractivity contribution in [1.29, 1.82) is 0 Å². The number of rotatable bonds is 1. The maximum absolute atomic E-state index is 12.3. The Bertz CT molecular complexity index is 510. The van der Waals surface area contributed by atoms with E-state index in [-0.39, 0.29) is 18.0 Å². The van der Waals surface area contributed by atoms with Crippen LogP contribution < -0.4 is 4.90 Å². The molecular weight excluding hydrogens is 234 g/mol. The summed E-state index contributed by atoms with van der Waals surface area (Å²) >= 11 is 0. The maximum Gasteiger partial charge on any atom is 0.333 e. The number of anilines is 1. The summed E-state index contributed by atoms with van der Waals surface area (Å²) in [5.41, 5.74) is 0. The van der Waals surface area contributed by atoms with Crippen LogP contribution >= 0.6 is 0 Å². The molecule has 0 unspecified atom stereocenters. The van der Waals surface area contributed by atoms with Crippen LogP contribution in [0.2, 0.25) is 0 Å². The normalized spacial score (nSPS) is 27.9. The predicted octanol–water partition coefficient (Wildman–Crippen LogP) is 1.55. The molecule has 0 aromatic carbocycles. The Morgan fingerprint density at radius 2 is 2.22 bits per heavy atom. The highest BCUT2D eigenvalue weighted by atomic mass is 16.5. The Kier molecular flexibility index (Phi) is 2.39. The van der Waals surface area contributed by atoms with Crippen LogP contribution in [0, 0.1) is 12.8 Å². The van der Waals surface area contributed by atoms with Crippen LogP contribution in [0.25, 0.3) is 0 Å². The first-order valence-corrected chi connectivity index (χ1v) is 6.16. The van der Waals surface area contributed by atoms with Gasteiger partial charge >= 0.3 is 6.03 Å². The molecule has 96 valence electrons. The number of carbonyl (C=O) groups is 2. The van der Waals surface area contributed by atoms with Gasteiger partial charge in [0.05, 0.1) is 0 Å². The fraction of sp³-hybridized carbons (Fsp3) is 0.583. The van der Waals surface area contributed by atoms with Crippen molar-refractivity contribution in [2.75, 3.05) is 11.4 Å². The van der Waals surface area contributed by atoms with Gasteiger partial charge in [0.25, 0.3) is 5.91 Å². The minimum Gasteiger partial charge on any atom is -0.360 e. The first-order chi connectivity index (χ1) is 8.58. The van der Waals surface area contributed by atoms with Crippen molar-refractivity contribution in [2.45, 2.75) is 32.7 Å². The number of amides is 3. The third kappa shape index (κ3) is 1.52. The Morgan fingerprint density at radius 3 is 2.89 bits per heavy atom. The topological polar surface area (TPSA) is 66.7 Å². The van der Waals surface area contributed by atoms with Crippen LogP contribution in [-0.4, -0.2) is 34.6 Å². The molecule has 0 saturated carbocycles. The minimum atomic E-state index is -0.321. The summed E-state index contributed by atoms with van der Waals surface area (Å²) in [4.78, 5) is 27.3. The zero-order chi connectivity index (χ0) is 12.9. The molecule has 0 spiro atoms. The second-order valence-corrected chi connectivity index (χ2v) is 5.09. The van der Waals surface area contributed by atoms with E-state index in [1.165, 1.54) is 0 Å². The first-order valence-electron chi connectivity index (χ1n) is 6.16. The second-order valence-electron chi connectivity index (χ2n) is 5.09. The SMILES string of the molecule is Cc1cc(N2C(=O)[C@H]3C[C@@H](C)CCN3C2=O)no1. The molecule has 1 aromatic rings.